The number of ether oxygens (including phenoxy) is 1. The first kappa shape index (κ1) is 24.4. The van der Waals surface area contributed by atoms with Crippen LogP contribution in [0.1, 0.15) is 36.9 Å². The van der Waals surface area contributed by atoms with Crippen LogP contribution >= 0.6 is 23.2 Å². The maximum Gasteiger partial charge on any atom is 0.268 e. The fraction of sp³-hybridized carbons (Fsp3) is 0.200. The van der Waals surface area contributed by atoms with Crippen LogP contribution in [0.2, 0.25) is 10.0 Å². The van der Waals surface area contributed by atoms with Crippen LogP contribution < -0.4 is 15.4 Å². The molecule has 0 saturated carbocycles. The summed E-state index contributed by atoms with van der Waals surface area (Å²) in [7, 11) is 1.54. The van der Waals surface area contributed by atoms with E-state index < -0.39 is 17.4 Å². The molecule has 6 nitrogen and oxygen atoms in total. The molecule has 3 aromatic rings. The Hall–Kier alpha value is -3.22. The number of furan rings is 1. The summed E-state index contributed by atoms with van der Waals surface area (Å²) >= 11 is 12.1. The number of hydrogen-bond donors (Lipinski definition) is 2. The van der Waals surface area contributed by atoms with Crippen LogP contribution in [0, 0.1) is 0 Å². The van der Waals surface area contributed by atoms with Gasteiger partial charge in [-0.3, -0.25) is 9.59 Å². The van der Waals surface area contributed by atoms with Crippen LogP contribution in [0.15, 0.2) is 64.7 Å². The van der Waals surface area contributed by atoms with Gasteiger partial charge in [0.25, 0.3) is 11.8 Å². The number of amides is 2. The molecule has 1 heterocycles. The summed E-state index contributed by atoms with van der Waals surface area (Å²) in [6.07, 6.45) is 1.48. The zero-order valence-electron chi connectivity index (χ0n) is 18.7. The lowest BCUT2D eigenvalue weighted by Crippen LogP contribution is -2.44. The van der Waals surface area contributed by atoms with Crippen LogP contribution in [0.5, 0.6) is 5.75 Å². The quantitative estimate of drug-likeness (QED) is 0.422. The Bertz CT molecular complexity index is 1190. The number of rotatable bonds is 6. The number of carbonyl (C=O) groups is 2. The van der Waals surface area contributed by atoms with Gasteiger partial charge in [-0.05, 0) is 75.4 Å². The van der Waals surface area contributed by atoms with Gasteiger partial charge in [-0.25, -0.2) is 0 Å². The standard InChI is InChI=1S/C25H24Cl2N2O4/c1-25(2,3)29-24(31)21(28-23(30)15-5-8-17(32-4)9-6-15)14-18-10-12-22(33-18)16-7-11-19(26)20(27)13-16/h5-14H,1-4H3,(H,28,30)(H,29,31)/b21-14-. The second-order valence-electron chi connectivity index (χ2n) is 8.28. The Balaban J connectivity index is 1.90. The van der Waals surface area contributed by atoms with Crippen molar-refractivity contribution in [2.45, 2.75) is 26.3 Å². The first-order valence-corrected chi connectivity index (χ1v) is 10.9. The van der Waals surface area contributed by atoms with Gasteiger partial charge in [0.05, 0.1) is 17.2 Å². The molecule has 2 N–H and O–H groups in total. The number of benzene rings is 2. The van der Waals surface area contributed by atoms with Crippen LogP contribution in [0.4, 0.5) is 0 Å². The maximum absolute atomic E-state index is 12.9. The van der Waals surface area contributed by atoms with Crippen molar-refractivity contribution in [3.8, 4) is 17.1 Å². The van der Waals surface area contributed by atoms with Gasteiger partial charge < -0.3 is 19.8 Å². The summed E-state index contributed by atoms with van der Waals surface area (Å²) in [4.78, 5) is 25.7. The minimum Gasteiger partial charge on any atom is -0.497 e. The first-order valence-electron chi connectivity index (χ1n) is 10.1. The summed E-state index contributed by atoms with van der Waals surface area (Å²) in [5.41, 5.74) is 0.643. The highest BCUT2D eigenvalue weighted by atomic mass is 35.5. The predicted octanol–water partition coefficient (Wildman–Crippen LogP) is 5.95. The molecule has 3 rings (SSSR count). The van der Waals surface area contributed by atoms with Gasteiger partial charge in [0.2, 0.25) is 0 Å². The lowest BCUT2D eigenvalue weighted by molar-refractivity contribution is -0.119. The average Bonchev–Trinajstić information content (AvgIpc) is 3.22. The van der Waals surface area contributed by atoms with Gasteiger partial charge in [0.1, 0.15) is 23.0 Å². The third-order valence-electron chi connectivity index (χ3n) is 4.45. The molecule has 0 bridgehead atoms. The van der Waals surface area contributed by atoms with E-state index in [9.17, 15) is 9.59 Å². The Labute approximate surface area is 202 Å². The van der Waals surface area contributed by atoms with E-state index in [1.165, 1.54) is 6.08 Å². The monoisotopic (exact) mass is 486 g/mol. The Morgan fingerprint density at radius 3 is 2.27 bits per heavy atom. The number of methoxy groups -OCH3 is 1. The largest absolute Gasteiger partial charge is 0.497 e. The lowest BCUT2D eigenvalue weighted by Gasteiger charge is -2.21. The van der Waals surface area contributed by atoms with Crippen molar-refractivity contribution in [2.24, 2.45) is 0 Å². The molecule has 33 heavy (non-hydrogen) atoms. The third-order valence-corrected chi connectivity index (χ3v) is 5.19. The lowest BCUT2D eigenvalue weighted by atomic mass is 10.1. The third kappa shape index (κ3) is 6.63. The fourth-order valence-corrected chi connectivity index (χ4v) is 3.18. The van der Waals surface area contributed by atoms with Gasteiger partial charge in [-0.15, -0.1) is 0 Å². The zero-order chi connectivity index (χ0) is 24.2. The molecule has 8 heteroatoms. The van der Waals surface area contributed by atoms with Crippen LogP contribution in [-0.4, -0.2) is 24.5 Å². The summed E-state index contributed by atoms with van der Waals surface area (Å²) in [5, 5.41) is 6.37. The molecule has 1 aromatic heterocycles. The van der Waals surface area contributed by atoms with E-state index in [2.05, 4.69) is 10.6 Å². The molecule has 0 aliphatic rings. The topological polar surface area (TPSA) is 80.6 Å². The number of nitrogens with one attached hydrogen (secondary N) is 2. The van der Waals surface area contributed by atoms with E-state index >= 15 is 0 Å². The molecule has 2 aromatic carbocycles. The second kappa shape index (κ2) is 10.1. The van der Waals surface area contributed by atoms with E-state index in [4.69, 9.17) is 32.4 Å². The molecule has 0 aliphatic carbocycles. The van der Waals surface area contributed by atoms with Crippen molar-refractivity contribution >= 4 is 41.1 Å². The van der Waals surface area contributed by atoms with Crippen molar-refractivity contribution in [1.29, 1.82) is 0 Å². The fourth-order valence-electron chi connectivity index (χ4n) is 2.88. The van der Waals surface area contributed by atoms with Crippen molar-refractivity contribution in [3.05, 3.63) is 81.7 Å². The highest BCUT2D eigenvalue weighted by molar-refractivity contribution is 6.42. The highest BCUT2D eigenvalue weighted by Crippen LogP contribution is 2.30. The minimum absolute atomic E-state index is 0.0424. The molecule has 0 unspecified atom stereocenters. The van der Waals surface area contributed by atoms with E-state index in [0.29, 0.717) is 32.9 Å². The molecular weight excluding hydrogens is 463 g/mol. The predicted molar refractivity (Wildman–Crippen MR) is 130 cm³/mol. The van der Waals surface area contributed by atoms with Crippen LogP contribution in [0.3, 0.4) is 0 Å². The number of halogens is 2. The minimum atomic E-state index is -0.505. The van der Waals surface area contributed by atoms with E-state index in [1.807, 2.05) is 20.8 Å². The first-order chi connectivity index (χ1) is 15.6. The van der Waals surface area contributed by atoms with Crippen molar-refractivity contribution in [1.82, 2.24) is 10.6 Å². The zero-order valence-corrected chi connectivity index (χ0v) is 20.2. The van der Waals surface area contributed by atoms with Gasteiger partial charge in [-0.1, -0.05) is 23.2 Å². The summed E-state index contributed by atoms with van der Waals surface area (Å²) in [5.74, 6) is 0.654. The SMILES string of the molecule is COc1ccc(C(=O)N/C(=C\c2ccc(-c3ccc(Cl)c(Cl)c3)o2)C(=O)NC(C)(C)C)cc1. The van der Waals surface area contributed by atoms with Crippen molar-refractivity contribution < 1.29 is 18.7 Å². The van der Waals surface area contributed by atoms with E-state index in [1.54, 1.807) is 61.7 Å². The Morgan fingerprint density at radius 1 is 0.970 bits per heavy atom. The second-order valence-corrected chi connectivity index (χ2v) is 9.09. The smallest absolute Gasteiger partial charge is 0.268 e. The Morgan fingerprint density at radius 2 is 1.67 bits per heavy atom. The van der Waals surface area contributed by atoms with E-state index in [0.717, 1.165) is 5.56 Å². The Kier molecular flexibility index (Phi) is 7.51. The molecule has 0 atom stereocenters. The van der Waals surface area contributed by atoms with E-state index in [-0.39, 0.29) is 5.70 Å². The van der Waals surface area contributed by atoms with Crippen molar-refractivity contribution in [3.63, 3.8) is 0 Å². The van der Waals surface area contributed by atoms with Gasteiger partial charge in [-0.2, -0.15) is 0 Å². The van der Waals surface area contributed by atoms with Gasteiger partial charge in [0, 0.05) is 22.7 Å². The molecule has 172 valence electrons. The number of carbonyl (C=O) groups excluding carboxylic acids is 2. The normalized spacial score (nSPS) is 11.8. The van der Waals surface area contributed by atoms with Gasteiger partial charge >= 0.3 is 0 Å². The average molecular weight is 487 g/mol. The molecule has 0 aliphatic heterocycles. The molecular formula is C25H24Cl2N2O4. The molecule has 0 spiro atoms. The molecule has 0 saturated heterocycles. The number of hydrogen-bond acceptors (Lipinski definition) is 4. The summed E-state index contributed by atoms with van der Waals surface area (Å²) < 4.78 is 11.0. The maximum atomic E-state index is 12.9. The summed E-state index contributed by atoms with van der Waals surface area (Å²) in [6.45, 7) is 5.55. The molecule has 0 radical (unpaired) electrons. The van der Waals surface area contributed by atoms with Crippen LogP contribution in [-0.2, 0) is 4.79 Å². The van der Waals surface area contributed by atoms with Gasteiger partial charge in [0.15, 0.2) is 0 Å². The highest BCUT2D eigenvalue weighted by Gasteiger charge is 2.20. The van der Waals surface area contributed by atoms with Crippen LogP contribution in [0.25, 0.3) is 17.4 Å². The van der Waals surface area contributed by atoms with Crippen molar-refractivity contribution in [2.75, 3.05) is 7.11 Å². The molecule has 0 fully saturated rings. The summed E-state index contributed by atoms with van der Waals surface area (Å²) in [6, 6.07) is 15.2. The molecule has 2 amide bonds.